The van der Waals surface area contributed by atoms with Crippen LogP contribution in [0.2, 0.25) is 0 Å². The maximum atomic E-state index is 12.6. The second-order valence-corrected chi connectivity index (χ2v) is 10.3. The molecule has 4 rings (SSSR count). The molecule has 29 heavy (non-hydrogen) atoms. The first-order chi connectivity index (χ1) is 14.0. The highest BCUT2D eigenvalue weighted by Gasteiger charge is 2.32. The number of amides is 1. The third kappa shape index (κ3) is 4.52. The van der Waals surface area contributed by atoms with Crippen molar-refractivity contribution in [2.75, 3.05) is 19.6 Å². The summed E-state index contributed by atoms with van der Waals surface area (Å²) in [5, 5.41) is 4.75. The number of aromatic amines is 1. The minimum atomic E-state index is -3.42. The van der Waals surface area contributed by atoms with Crippen LogP contribution < -0.4 is 5.32 Å². The van der Waals surface area contributed by atoms with E-state index < -0.39 is 10.0 Å². The molecule has 1 fully saturated rings. The van der Waals surface area contributed by atoms with Crippen LogP contribution in [0.5, 0.6) is 0 Å². The van der Waals surface area contributed by atoms with Crippen molar-refractivity contribution in [1.29, 1.82) is 0 Å². The predicted molar refractivity (Wildman–Crippen MR) is 113 cm³/mol. The lowest BCUT2D eigenvalue weighted by Crippen LogP contribution is -2.43. The normalized spacial score (nSPS) is 16.3. The molecule has 0 radical (unpaired) electrons. The molecule has 1 aromatic carbocycles. The predicted octanol–water partition coefficient (Wildman–Crippen LogP) is 2.77. The number of nitrogens with one attached hydrogen (secondary N) is 2. The number of hydrogen-bond donors (Lipinski definition) is 2. The van der Waals surface area contributed by atoms with Gasteiger partial charge in [-0.15, -0.1) is 11.3 Å². The Morgan fingerprint density at radius 3 is 2.72 bits per heavy atom. The van der Waals surface area contributed by atoms with E-state index in [-0.39, 0.29) is 11.8 Å². The molecule has 1 aliphatic rings. The second-order valence-electron chi connectivity index (χ2n) is 7.21. The van der Waals surface area contributed by atoms with Gasteiger partial charge in [-0.05, 0) is 42.8 Å². The molecule has 1 aliphatic heterocycles. The molecule has 2 N–H and O–H groups in total. The van der Waals surface area contributed by atoms with Crippen molar-refractivity contribution >= 4 is 38.3 Å². The van der Waals surface area contributed by atoms with E-state index in [9.17, 15) is 13.2 Å². The quantitative estimate of drug-likeness (QED) is 0.561. The fraction of sp³-hybridized carbons (Fsp3) is 0.400. The first-order valence-electron chi connectivity index (χ1n) is 9.79. The molecule has 3 aromatic rings. The molecule has 1 amide bonds. The van der Waals surface area contributed by atoms with E-state index in [0.29, 0.717) is 36.7 Å². The lowest BCUT2D eigenvalue weighted by atomic mass is 9.97. The zero-order chi connectivity index (χ0) is 20.3. The average Bonchev–Trinajstić information content (AvgIpc) is 3.41. The van der Waals surface area contributed by atoms with Crippen LogP contribution in [0.25, 0.3) is 11.0 Å². The number of para-hydroxylation sites is 2. The molecule has 0 spiro atoms. The SMILES string of the molecule is O=C(NCCCc1nc2ccccc2[nH]1)C1CCN(S(=O)(=O)c2cccs2)CC1. The van der Waals surface area contributed by atoms with Crippen molar-refractivity contribution in [3.05, 3.63) is 47.6 Å². The lowest BCUT2D eigenvalue weighted by Gasteiger charge is -2.30. The Balaban J connectivity index is 1.21. The average molecular weight is 433 g/mol. The van der Waals surface area contributed by atoms with Crippen LogP contribution >= 0.6 is 11.3 Å². The van der Waals surface area contributed by atoms with Gasteiger partial charge in [-0.25, -0.2) is 13.4 Å². The van der Waals surface area contributed by atoms with Crippen molar-refractivity contribution in [3.63, 3.8) is 0 Å². The van der Waals surface area contributed by atoms with Crippen molar-refractivity contribution in [2.24, 2.45) is 5.92 Å². The summed E-state index contributed by atoms with van der Waals surface area (Å²) in [5.74, 6) is 0.811. The smallest absolute Gasteiger partial charge is 0.252 e. The van der Waals surface area contributed by atoms with E-state index in [1.165, 1.54) is 15.6 Å². The summed E-state index contributed by atoms with van der Waals surface area (Å²) in [6.07, 6.45) is 2.68. The molecule has 3 heterocycles. The molecule has 7 nitrogen and oxygen atoms in total. The molecule has 0 unspecified atom stereocenters. The van der Waals surface area contributed by atoms with Gasteiger partial charge in [0.05, 0.1) is 11.0 Å². The van der Waals surface area contributed by atoms with E-state index in [4.69, 9.17) is 0 Å². The van der Waals surface area contributed by atoms with Gasteiger partial charge in [0.2, 0.25) is 5.91 Å². The maximum absolute atomic E-state index is 12.6. The summed E-state index contributed by atoms with van der Waals surface area (Å²) >= 11 is 1.23. The number of rotatable bonds is 7. The summed E-state index contributed by atoms with van der Waals surface area (Å²) in [6, 6.07) is 11.3. The van der Waals surface area contributed by atoms with Crippen LogP contribution in [0.1, 0.15) is 25.1 Å². The number of carbonyl (C=O) groups is 1. The molecular weight excluding hydrogens is 408 g/mol. The van der Waals surface area contributed by atoms with Crippen LogP contribution in [-0.4, -0.2) is 48.2 Å². The van der Waals surface area contributed by atoms with Crippen LogP contribution in [0, 0.1) is 5.92 Å². The van der Waals surface area contributed by atoms with E-state index in [1.54, 1.807) is 17.5 Å². The highest BCUT2D eigenvalue weighted by atomic mass is 32.2. The van der Waals surface area contributed by atoms with Crippen molar-refractivity contribution in [2.45, 2.75) is 29.9 Å². The third-order valence-corrected chi connectivity index (χ3v) is 8.51. The number of nitrogens with zero attached hydrogens (tertiary/aromatic N) is 2. The molecule has 0 bridgehead atoms. The van der Waals surface area contributed by atoms with Crippen LogP contribution in [0.4, 0.5) is 0 Å². The number of aryl methyl sites for hydroxylation is 1. The Kier molecular flexibility index (Phi) is 5.98. The number of aromatic nitrogens is 2. The fourth-order valence-electron chi connectivity index (χ4n) is 3.63. The van der Waals surface area contributed by atoms with Gasteiger partial charge < -0.3 is 10.3 Å². The molecule has 154 valence electrons. The van der Waals surface area contributed by atoms with E-state index in [1.807, 2.05) is 24.3 Å². The molecule has 0 atom stereocenters. The van der Waals surface area contributed by atoms with Gasteiger partial charge in [0, 0.05) is 32.0 Å². The first kappa shape index (κ1) is 20.1. The summed E-state index contributed by atoms with van der Waals surface area (Å²) in [7, 11) is -3.42. The lowest BCUT2D eigenvalue weighted by molar-refractivity contribution is -0.126. The van der Waals surface area contributed by atoms with Gasteiger partial charge in [-0.3, -0.25) is 4.79 Å². The van der Waals surface area contributed by atoms with Crippen molar-refractivity contribution < 1.29 is 13.2 Å². The van der Waals surface area contributed by atoms with Crippen LogP contribution in [0.3, 0.4) is 0 Å². The maximum Gasteiger partial charge on any atom is 0.252 e. The molecule has 9 heteroatoms. The summed E-state index contributed by atoms with van der Waals surface area (Å²) in [5.41, 5.74) is 1.98. The number of hydrogen-bond acceptors (Lipinski definition) is 5. The van der Waals surface area contributed by atoms with Gasteiger partial charge in [0.25, 0.3) is 10.0 Å². The summed E-state index contributed by atoms with van der Waals surface area (Å²) < 4.78 is 27.0. The first-order valence-corrected chi connectivity index (χ1v) is 12.1. The largest absolute Gasteiger partial charge is 0.356 e. The minimum absolute atomic E-state index is 0.0165. The number of fused-ring (bicyclic) bond motifs is 1. The van der Waals surface area contributed by atoms with Crippen LogP contribution in [0.15, 0.2) is 46.0 Å². The number of benzene rings is 1. The number of piperidine rings is 1. The highest BCUT2D eigenvalue weighted by Crippen LogP contribution is 2.26. The Morgan fingerprint density at radius 1 is 1.21 bits per heavy atom. The monoisotopic (exact) mass is 432 g/mol. The molecule has 0 saturated carbocycles. The van der Waals surface area contributed by atoms with Gasteiger partial charge >= 0.3 is 0 Å². The number of carbonyl (C=O) groups excluding carboxylic acids is 1. The molecule has 2 aromatic heterocycles. The number of sulfonamides is 1. The van der Waals surface area contributed by atoms with Crippen molar-refractivity contribution in [3.8, 4) is 0 Å². The minimum Gasteiger partial charge on any atom is -0.356 e. The van der Waals surface area contributed by atoms with E-state index in [2.05, 4.69) is 15.3 Å². The van der Waals surface area contributed by atoms with E-state index >= 15 is 0 Å². The van der Waals surface area contributed by atoms with Gasteiger partial charge in [-0.1, -0.05) is 18.2 Å². The topological polar surface area (TPSA) is 95.2 Å². The van der Waals surface area contributed by atoms with Gasteiger partial charge in [0.1, 0.15) is 10.0 Å². The Hall–Kier alpha value is -2.23. The number of imidazole rings is 1. The van der Waals surface area contributed by atoms with Crippen molar-refractivity contribution in [1.82, 2.24) is 19.6 Å². The summed E-state index contributed by atoms with van der Waals surface area (Å²) in [4.78, 5) is 20.3. The van der Waals surface area contributed by atoms with Gasteiger partial charge in [-0.2, -0.15) is 4.31 Å². The molecule has 1 saturated heterocycles. The summed E-state index contributed by atoms with van der Waals surface area (Å²) in [6.45, 7) is 1.36. The standard InChI is InChI=1S/C20H24N4O3S2/c25-20(21-11-3-7-18-22-16-5-1-2-6-17(16)23-18)15-9-12-24(13-10-15)29(26,27)19-8-4-14-28-19/h1-2,4-6,8,14-15H,3,7,9-13H2,(H,21,25)(H,22,23). The molecular formula is C20H24N4O3S2. The molecule has 0 aliphatic carbocycles. The van der Waals surface area contributed by atoms with Gasteiger partial charge in [0.15, 0.2) is 0 Å². The Morgan fingerprint density at radius 2 is 2.00 bits per heavy atom. The van der Waals surface area contributed by atoms with Crippen LogP contribution in [-0.2, 0) is 21.2 Å². The number of thiophene rings is 1. The highest BCUT2D eigenvalue weighted by molar-refractivity contribution is 7.91. The zero-order valence-electron chi connectivity index (χ0n) is 16.0. The Labute approximate surface area is 174 Å². The third-order valence-electron chi connectivity index (χ3n) is 5.24. The second kappa shape index (κ2) is 8.64. The van der Waals surface area contributed by atoms with E-state index in [0.717, 1.165) is 29.7 Å². The fourth-order valence-corrected chi connectivity index (χ4v) is 6.25. The zero-order valence-corrected chi connectivity index (χ0v) is 17.6. The number of H-pyrrole nitrogens is 1. The Bertz CT molecular complexity index is 1040.